The fraction of sp³-hybridized carbons (Fsp3) is 0.650. The molecule has 1 aromatic rings. The summed E-state index contributed by atoms with van der Waals surface area (Å²) in [5.74, 6) is 0.730. The van der Waals surface area contributed by atoms with Crippen molar-refractivity contribution in [1.29, 1.82) is 0 Å². The Labute approximate surface area is 165 Å². The summed E-state index contributed by atoms with van der Waals surface area (Å²) in [5.41, 5.74) is 0.170. The van der Waals surface area contributed by atoms with E-state index in [1.54, 1.807) is 0 Å². The molecule has 154 valence electrons. The fourth-order valence-corrected chi connectivity index (χ4v) is 6.57. The van der Waals surface area contributed by atoms with Crippen molar-refractivity contribution >= 4 is 15.9 Å². The minimum atomic E-state index is -4.00. The quantitative estimate of drug-likeness (QED) is 0.809. The monoisotopic (exact) mass is 410 g/mol. The molecule has 8 heteroatoms. The Balaban J connectivity index is 1.50. The summed E-state index contributed by atoms with van der Waals surface area (Å²) < 4.78 is 46.3. The van der Waals surface area contributed by atoms with Crippen LogP contribution in [0.5, 0.6) is 0 Å². The van der Waals surface area contributed by atoms with Crippen LogP contribution in [0, 0.1) is 23.6 Å². The summed E-state index contributed by atoms with van der Waals surface area (Å²) in [7, 11) is -4.00. The number of carbonyl (C=O) groups is 1. The van der Waals surface area contributed by atoms with Crippen molar-refractivity contribution in [2.75, 3.05) is 26.3 Å². The molecule has 6 nitrogen and oxygen atoms in total. The van der Waals surface area contributed by atoms with Crippen molar-refractivity contribution in [2.24, 2.45) is 17.8 Å². The maximum atomic E-state index is 14.3. The molecule has 4 rings (SSSR count). The van der Waals surface area contributed by atoms with Crippen molar-refractivity contribution in [2.45, 2.75) is 43.5 Å². The first kappa shape index (κ1) is 19.8. The van der Waals surface area contributed by atoms with Gasteiger partial charge in [-0.1, -0.05) is 6.42 Å². The summed E-state index contributed by atoms with van der Waals surface area (Å²) >= 11 is 0. The lowest BCUT2D eigenvalue weighted by Gasteiger charge is -2.28. The Hall–Kier alpha value is -1.51. The highest BCUT2D eigenvalue weighted by atomic mass is 32.2. The molecule has 28 heavy (non-hydrogen) atoms. The molecule has 3 aliphatic rings. The van der Waals surface area contributed by atoms with Crippen molar-refractivity contribution in [3.8, 4) is 0 Å². The Morgan fingerprint density at radius 2 is 2.00 bits per heavy atom. The topological polar surface area (TPSA) is 75.7 Å². The van der Waals surface area contributed by atoms with Gasteiger partial charge in [0.05, 0.1) is 13.2 Å². The van der Waals surface area contributed by atoms with Gasteiger partial charge in [0.15, 0.2) is 0 Å². The molecule has 1 amide bonds. The summed E-state index contributed by atoms with van der Waals surface area (Å²) in [6.07, 6.45) is 4.92. The predicted molar refractivity (Wildman–Crippen MR) is 102 cm³/mol. The van der Waals surface area contributed by atoms with Gasteiger partial charge in [0.2, 0.25) is 10.0 Å². The molecular formula is C20H27FN2O4S. The van der Waals surface area contributed by atoms with Crippen molar-refractivity contribution < 1.29 is 22.3 Å². The number of fused-ring (bicyclic) bond motifs is 2. The van der Waals surface area contributed by atoms with Crippen LogP contribution in [0.4, 0.5) is 4.39 Å². The molecule has 1 heterocycles. The first-order valence-corrected chi connectivity index (χ1v) is 11.5. The van der Waals surface area contributed by atoms with Crippen LogP contribution in [0.15, 0.2) is 23.1 Å². The molecule has 2 aliphatic carbocycles. The number of sulfonamides is 1. The van der Waals surface area contributed by atoms with E-state index in [0.29, 0.717) is 11.8 Å². The maximum absolute atomic E-state index is 14.3. The molecule has 0 aromatic heterocycles. The summed E-state index contributed by atoms with van der Waals surface area (Å²) in [4.78, 5) is 12.3. The van der Waals surface area contributed by atoms with Crippen molar-refractivity contribution in [1.82, 2.24) is 9.62 Å². The van der Waals surface area contributed by atoms with Crippen molar-refractivity contribution in [3.05, 3.63) is 29.6 Å². The number of rotatable bonds is 5. The molecule has 1 aromatic carbocycles. The molecule has 0 unspecified atom stereocenters. The Kier molecular flexibility index (Phi) is 5.46. The van der Waals surface area contributed by atoms with Gasteiger partial charge in [0.25, 0.3) is 5.91 Å². The number of nitrogens with zero attached hydrogens (tertiary/aromatic N) is 1. The Morgan fingerprint density at radius 1 is 1.25 bits per heavy atom. The second kappa shape index (κ2) is 7.72. The van der Waals surface area contributed by atoms with Crippen LogP contribution in [0.1, 0.15) is 43.0 Å². The van der Waals surface area contributed by atoms with Crippen LogP contribution >= 0.6 is 0 Å². The smallest absolute Gasteiger partial charge is 0.251 e. The minimum Gasteiger partial charge on any atom is -0.379 e. The van der Waals surface area contributed by atoms with Crippen LogP contribution in [0.2, 0.25) is 0 Å². The highest BCUT2D eigenvalue weighted by molar-refractivity contribution is 7.89. The number of hydrogen-bond donors (Lipinski definition) is 1. The third-order valence-electron chi connectivity index (χ3n) is 6.58. The van der Waals surface area contributed by atoms with E-state index >= 15 is 0 Å². The molecule has 0 radical (unpaired) electrons. The largest absolute Gasteiger partial charge is 0.379 e. The number of benzene rings is 1. The van der Waals surface area contributed by atoms with Crippen LogP contribution < -0.4 is 5.32 Å². The zero-order chi connectivity index (χ0) is 19.9. The van der Waals surface area contributed by atoms with E-state index in [1.807, 2.05) is 6.92 Å². The maximum Gasteiger partial charge on any atom is 0.251 e. The highest BCUT2D eigenvalue weighted by Crippen LogP contribution is 2.49. The summed E-state index contributed by atoms with van der Waals surface area (Å²) in [6.45, 7) is 2.93. The Morgan fingerprint density at radius 3 is 2.64 bits per heavy atom. The first-order valence-electron chi connectivity index (χ1n) is 10.0. The van der Waals surface area contributed by atoms with Gasteiger partial charge in [-0.25, -0.2) is 12.8 Å². The number of ether oxygens (including phenoxy) is 1. The van der Waals surface area contributed by atoms with Crippen LogP contribution in [0.3, 0.4) is 0 Å². The van der Waals surface area contributed by atoms with Gasteiger partial charge in [-0.05, 0) is 62.1 Å². The van der Waals surface area contributed by atoms with E-state index in [-0.39, 0.29) is 43.8 Å². The summed E-state index contributed by atoms with van der Waals surface area (Å²) in [6, 6.07) is 3.58. The van der Waals surface area contributed by atoms with Gasteiger partial charge >= 0.3 is 0 Å². The number of nitrogens with one attached hydrogen (secondary N) is 1. The number of amides is 1. The third-order valence-corrected chi connectivity index (χ3v) is 8.49. The van der Waals surface area contributed by atoms with Gasteiger partial charge < -0.3 is 10.1 Å². The second-order valence-electron chi connectivity index (χ2n) is 8.26. The minimum absolute atomic E-state index is 0.0205. The van der Waals surface area contributed by atoms with E-state index in [2.05, 4.69) is 5.32 Å². The SMILES string of the molecule is C[C@H](NC(=O)c1ccc(F)c(S(=O)(=O)N2CCOCC2)c1)[C@@H]1C[C@H]2CC[C@H]1C2. The molecule has 0 spiro atoms. The zero-order valence-electron chi connectivity index (χ0n) is 16.1. The third kappa shape index (κ3) is 3.69. The highest BCUT2D eigenvalue weighted by Gasteiger charge is 2.42. The first-order chi connectivity index (χ1) is 13.4. The van der Waals surface area contributed by atoms with E-state index in [0.717, 1.165) is 24.5 Å². The number of hydrogen-bond acceptors (Lipinski definition) is 4. The van der Waals surface area contributed by atoms with Gasteiger partial charge in [-0.2, -0.15) is 4.31 Å². The molecule has 2 saturated carbocycles. The molecule has 2 bridgehead atoms. The van der Waals surface area contributed by atoms with Crippen LogP contribution in [-0.2, 0) is 14.8 Å². The Bertz CT molecular complexity index is 854. The van der Waals surface area contributed by atoms with E-state index in [4.69, 9.17) is 4.74 Å². The van der Waals surface area contributed by atoms with Gasteiger partial charge in [0, 0.05) is 24.7 Å². The number of halogens is 1. The predicted octanol–water partition coefficient (Wildman–Crippen LogP) is 2.40. The fourth-order valence-electron chi connectivity index (χ4n) is 5.07. The average molecular weight is 411 g/mol. The summed E-state index contributed by atoms with van der Waals surface area (Å²) in [5, 5.41) is 3.01. The normalized spacial score (nSPS) is 29.0. The van der Waals surface area contributed by atoms with E-state index < -0.39 is 20.7 Å². The van der Waals surface area contributed by atoms with Gasteiger partial charge in [0.1, 0.15) is 10.7 Å². The zero-order valence-corrected chi connectivity index (χ0v) is 16.9. The van der Waals surface area contributed by atoms with Crippen LogP contribution in [-0.4, -0.2) is 51.0 Å². The van der Waals surface area contributed by atoms with Gasteiger partial charge in [-0.3, -0.25) is 4.79 Å². The molecule has 1 aliphatic heterocycles. The average Bonchev–Trinajstić information content (AvgIpc) is 3.32. The number of carbonyl (C=O) groups excluding carboxylic acids is 1. The standard InChI is InChI=1S/C20H27FN2O4S/c1-13(17-11-14-2-3-15(17)10-14)22-20(24)16-4-5-18(21)19(12-16)28(25,26)23-6-8-27-9-7-23/h4-5,12-15,17H,2-3,6-11H2,1H3,(H,22,24)/t13-,14-,15-,17-/m0/s1. The molecule has 1 saturated heterocycles. The molecule has 3 fully saturated rings. The molecule has 1 N–H and O–H groups in total. The lowest BCUT2D eigenvalue weighted by atomic mass is 9.84. The lowest BCUT2D eigenvalue weighted by molar-refractivity contribution is 0.0729. The van der Waals surface area contributed by atoms with Crippen LogP contribution in [0.25, 0.3) is 0 Å². The van der Waals surface area contributed by atoms with E-state index in [1.165, 1.54) is 29.6 Å². The van der Waals surface area contributed by atoms with E-state index in [9.17, 15) is 17.6 Å². The lowest BCUT2D eigenvalue weighted by Crippen LogP contribution is -2.41. The number of morpholine rings is 1. The van der Waals surface area contributed by atoms with Crippen molar-refractivity contribution in [3.63, 3.8) is 0 Å². The molecular weight excluding hydrogens is 383 g/mol. The molecule has 4 atom stereocenters. The van der Waals surface area contributed by atoms with Gasteiger partial charge in [-0.15, -0.1) is 0 Å². The second-order valence-corrected chi connectivity index (χ2v) is 10.2.